The largest absolute Gasteiger partial charge is 0.493 e. The van der Waals surface area contributed by atoms with Gasteiger partial charge in [0, 0.05) is 24.9 Å². The summed E-state index contributed by atoms with van der Waals surface area (Å²) in [7, 11) is 0. The summed E-state index contributed by atoms with van der Waals surface area (Å²) in [5.41, 5.74) is 3.08. The second kappa shape index (κ2) is 11.1. The fourth-order valence-electron chi connectivity index (χ4n) is 4.45. The third-order valence-corrected chi connectivity index (χ3v) is 6.17. The molecule has 0 unspecified atom stereocenters. The standard InChI is InChI=1S/C27H32N2O4/c1-3-31-26(30)17-22-12-14-28-18-24(22)21-10-7-11-23(16-21)32-15-13-25-19(2)33-27(29-25)20-8-5-4-6-9-20/h4-11,16,22,24,28H,3,12-15,17-18H2,1-2H3/t22-,24+/m1/s1. The van der Waals surface area contributed by atoms with Crippen molar-refractivity contribution in [3.8, 4) is 17.2 Å². The first kappa shape index (κ1) is 23.1. The second-order valence-electron chi connectivity index (χ2n) is 8.43. The molecular weight excluding hydrogens is 416 g/mol. The van der Waals surface area contributed by atoms with Crippen LogP contribution in [0.3, 0.4) is 0 Å². The Kier molecular flexibility index (Phi) is 7.79. The molecule has 0 saturated carbocycles. The third kappa shape index (κ3) is 6.02. The average molecular weight is 449 g/mol. The summed E-state index contributed by atoms with van der Waals surface area (Å²) in [6.07, 6.45) is 2.09. The first-order valence-corrected chi connectivity index (χ1v) is 11.7. The van der Waals surface area contributed by atoms with Crippen LogP contribution in [0.5, 0.6) is 5.75 Å². The maximum absolute atomic E-state index is 12.1. The number of benzene rings is 2. The summed E-state index contributed by atoms with van der Waals surface area (Å²) < 4.78 is 17.1. The molecule has 0 amide bonds. The van der Waals surface area contributed by atoms with Crippen LogP contribution in [0.15, 0.2) is 59.0 Å². The smallest absolute Gasteiger partial charge is 0.306 e. The van der Waals surface area contributed by atoms with Gasteiger partial charge in [-0.2, -0.15) is 0 Å². The Balaban J connectivity index is 1.37. The summed E-state index contributed by atoms with van der Waals surface area (Å²) in [5.74, 6) is 2.72. The lowest BCUT2D eigenvalue weighted by Crippen LogP contribution is -2.36. The minimum Gasteiger partial charge on any atom is -0.493 e. The van der Waals surface area contributed by atoms with E-state index in [1.165, 1.54) is 5.56 Å². The highest BCUT2D eigenvalue weighted by Crippen LogP contribution is 2.33. The fraction of sp³-hybridized carbons (Fsp3) is 0.407. The van der Waals surface area contributed by atoms with Crippen molar-refractivity contribution in [2.45, 2.75) is 39.0 Å². The highest BCUT2D eigenvalue weighted by Gasteiger charge is 2.29. The average Bonchev–Trinajstić information content (AvgIpc) is 3.21. The number of aryl methyl sites for hydroxylation is 1. The molecule has 6 heteroatoms. The molecule has 2 heterocycles. The number of nitrogens with one attached hydrogen (secondary N) is 1. The number of nitrogens with zero attached hydrogens (tertiary/aromatic N) is 1. The first-order chi connectivity index (χ1) is 16.1. The van der Waals surface area contributed by atoms with Gasteiger partial charge in [0.25, 0.3) is 0 Å². The number of ether oxygens (including phenoxy) is 2. The SMILES string of the molecule is CCOC(=O)C[C@H]1CCNC[C@H]1c1cccc(OCCc2nc(-c3ccccc3)oc2C)c1. The lowest BCUT2D eigenvalue weighted by molar-refractivity contribution is -0.144. The van der Waals surface area contributed by atoms with Gasteiger partial charge >= 0.3 is 5.97 Å². The molecule has 1 N–H and O–H groups in total. The molecule has 33 heavy (non-hydrogen) atoms. The van der Waals surface area contributed by atoms with Gasteiger partial charge in [-0.25, -0.2) is 4.98 Å². The van der Waals surface area contributed by atoms with E-state index in [9.17, 15) is 4.79 Å². The highest BCUT2D eigenvalue weighted by molar-refractivity contribution is 5.69. The van der Waals surface area contributed by atoms with E-state index in [1.807, 2.05) is 56.3 Å². The molecule has 1 aliphatic heterocycles. The van der Waals surface area contributed by atoms with Crippen molar-refractivity contribution in [2.24, 2.45) is 5.92 Å². The summed E-state index contributed by atoms with van der Waals surface area (Å²) in [4.78, 5) is 16.7. The Morgan fingerprint density at radius 1 is 1.18 bits per heavy atom. The number of rotatable bonds is 9. The van der Waals surface area contributed by atoms with Gasteiger partial charge in [0.05, 0.1) is 18.9 Å². The van der Waals surface area contributed by atoms with Gasteiger partial charge in [0.15, 0.2) is 0 Å². The van der Waals surface area contributed by atoms with Crippen molar-refractivity contribution in [1.82, 2.24) is 10.3 Å². The predicted octanol–water partition coefficient (Wildman–Crippen LogP) is 4.92. The van der Waals surface area contributed by atoms with E-state index in [1.54, 1.807) is 0 Å². The van der Waals surface area contributed by atoms with Gasteiger partial charge in [-0.1, -0.05) is 30.3 Å². The van der Waals surface area contributed by atoms with E-state index in [4.69, 9.17) is 13.9 Å². The Hall–Kier alpha value is -3.12. The summed E-state index contributed by atoms with van der Waals surface area (Å²) in [6, 6.07) is 18.1. The number of aromatic nitrogens is 1. The number of piperidine rings is 1. The van der Waals surface area contributed by atoms with E-state index in [0.717, 1.165) is 42.3 Å². The zero-order valence-electron chi connectivity index (χ0n) is 19.4. The number of hydrogen-bond donors (Lipinski definition) is 1. The molecule has 4 rings (SSSR count). The van der Waals surface area contributed by atoms with Gasteiger partial charge < -0.3 is 19.2 Å². The summed E-state index contributed by atoms with van der Waals surface area (Å²) in [6.45, 7) is 6.51. The lowest BCUT2D eigenvalue weighted by atomic mass is 9.79. The molecule has 1 aliphatic rings. The van der Waals surface area contributed by atoms with Gasteiger partial charge in [0.2, 0.25) is 5.89 Å². The highest BCUT2D eigenvalue weighted by atomic mass is 16.5. The molecule has 0 spiro atoms. The summed E-state index contributed by atoms with van der Waals surface area (Å²) in [5, 5.41) is 3.46. The number of carbonyl (C=O) groups excluding carboxylic acids is 1. The number of oxazole rings is 1. The van der Waals surface area contributed by atoms with Crippen LogP contribution in [-0.4, -0.2) is 37.3 Å². The normalized spacial score (nSPS) is 18.1. The van der Waals surface area contributed by atoms with Crippen LogP contribution < -0.4 is 10.1 Å². The molecular formula is C27H32N2O4. The second-order valence-corrected chi connectivity index (χ2v) is 8.43. The number of hydrogen-bond acceptors (Lipinski definition) is 6. The lowest BCUT2D eigenvalue weighted by Gasteiger charge is -2.32. The maximum atomic E-state index is 12.1. The fourth-order valence-corrected chi connectivity index (χ4v) is 4.45. The molecule has 2 aromatic carbocycles. The van der Waals surface area contributed by atoms with Crippen molar-refractivity contribution < 1.29 is 18.7 Å². The minimum atomic E-state index is -0.111. The molecule has 6 nitrogen and oxygen atoms in total. The zero-order valence-corrected chi connectivity index (χ0v) is 19.4. The minimum absolute atomic E-state index is 0.111. The van der Waals surface area contributed by atoms with Crippen molar-refractivity contribution in [2.75, 3.05) is 26.3 Å². The molecule has 0 bridgehead atoms. The molecule has 0 radical (unpaired) electrons. The quantitative estimate of drug-likeness (QED) is 0.469. The van der Waals surface area contributed by atoms with Crippen molar-refractivity contribution in [1.29, 1.82) is 0 Å². The van der Waals surface area contributed by atoms with Crippen LogP contribution in [0, 0.1) is 12.8 Å². The monoisotopic (exact) mass is 448 g/mol. The van der Waals surface area contributed by atoms with E-state index >= 15 is 0 Å². The molecule has 1 fully saturated rings. The van der Waals surface area contributed by atoms with Gasteiger partial charge in [-0.05, 0) is 68.5 Å². The maximum Gasteiger partial charge on any atom is 0.306 e. The Bertz CT molecular complexity index is 1050. The van der Waals surface area contributed by atoms with Gasteiger partial charge in [-0.3, -0.25) is 4.79 Å². The van der Waals surface area contributed by atoms with Crippen molar-refractivity contribution in [3.05, 3.63) is 71.6 Å². The first-order valence-electron chi connectivity index (χ1n) is 11.7. The molecule has 1 aromatic heterocycles. The molecule has 1 saturated heterocycles. The van der Waals surface area contributed by atoms with Crippen molar-refractivity contribution >= 4 is 5.97 Å². The molecule has 2 atom stereocenters. The van der Waals surface area contributed by atoms with Crippen LogP contribution in [0.2, 0.25) is 0 Å². The molecule has 174 valence electrons. The van der Waals surface area contributed by atoms with Crippen molar-refractivity contribution in [3.63, 3.8) is 0 Å². The Morgan fingerprint density at radius 2 is 2.03 bits per heavy atom. The zero-order chi connectivity index (χ0) is 23.0. The van der Waals surface area contributed by atoms with Crippen LogP contribution in [0.1, 0.15) is 42.7 Å². The predicted molar refractivity (Wildman–Crippen MR) is 127 cm³/mol. The van der Waals surface area contributed by atoms with Crippen LogP contribution >= 0.6 is 0 Å². The van der Waals surface area contributed by atoms with Gasteiger partial charge in [0.1, 0.15) is 11.5 Å². The number of esters is 1. The van der Waals surface area contributed by atoms with Crippen LogP contribution in [0.4, 0.5) is 0 Å². The van der Waals surface area contributed by atoms with E-state index in [0.29, 0.717) is 31.9 Å². The Morgan fingerprint density at radius 3 is 2.85 bits per heavy atom. The van der Waals surface area contributed by atoms with E-state index in [-0.39, 0.29) is 17.8 Å². The van der Waals surface area contributed by atoms with Gasteiger partial charge in [-0.15, -0.1) is 0 Å². The van der Waals surface area contributed by atoms with Crippen LogP contribution in [-0.2, 0) is 16.0 Å². The third-order valence-electron chi connectivity index (χ3n) is 6.17. The van der Waals surface area contributed by atoms with E-state index in [2.05, 4.69) is 22.4 Å². The topological polar surface area (TPSA) is 73.6 Å². The summed E-state index contributed by atoms with van der Waals surface area (Å²) >= 11 is 0. The molecule has 3 aromatic rings. The Labute approximate surface area is 195 Å². The van der Waals surface area contributed by atoms with Crippen LogP contribution in [0.25, 0.3) is 11.5 Å². The molecule has 0 aliphatic carbocycles. The van der Waals surface area contributed by atoms with E-state index < -0.39 is 0 Å². The number of carbonyl (C=O) groups is 1.